The molecule has 0 fully saturated rings. The van der Waals surface area contributed by atoms with Gasteiger partial charge < -0.3 is 0 Å². The maximum atomic E-state index is 8.52. The van der Waals surface area contributed by atoms with Crippen molar-refractivity contribution in [2.45, 2.75) is 0 Å². The highest BCUT2D eigenvalue weighted by atomic mass is 35.5. The van der Waals surface area contributed by atoms with Crippen molar-refractivity contribution in [3.05, 3.63) is 41.5 Å². The molecule has 0 spiro atoms. The van der Waals surface area contributed by atoms with Crippen LogP contribution in [0.2, 0.25) is 0 Å². The van der Waals surface area contributed by atoms with Crippen LogP contribution in [-0.2, 0) is 0 Å². The molecule has 1 aromatic rings. The molecule has 0 bridgehead atoms. The highest BCUT2D eigenvalue weighted by Crippen LogP contribution is 2.04. The van der Waals surface area contributed by atoms with E-state index in [9.17, 15) is 0 Å². The second-order valence-electron chi connectivity index (χ2n) is 2.29. The Morgan fingerprint density at radius 1 is 1.33 bits per heavy atom. The van der Waals surface area contributed by atoms with Gasteiger partial charge in [-0.25, -0.2) is 0 Å². The standard InChI is InChI=1S/C10H8ClN/c11-7-1-2-9-3-5-10(8-12)6-4-9/h1-6H,7H2/b2-1+. The topological polar surface area (TPSA) is 23.8 Å². The largest absolute Gasteiger partial charge is 0.192 e. The number of hydrogen-bond acceptors (Lipinski definition) is 1. The van der Waals surface area contributed by atoms with Gasteiger partial charge in [-0.2, -0.15) is 5.26 Å². The zero-order valence-electron chi connectivity index (χ0n) is 6.50. The van der Waals surface area contributed by atoms with E-state index < -0.39 is 0 Å². The van der Waals surface area contributed by atoms with Gasteiger partial charge in [-0.1, -0.05) is 24.3 Å². The lowest BCUT2D eigenvalue weighted by Crippen LogP contribution is -1.74. The van der Waals surface area contributed by atoms with E-state index in [1.54, 1.807) is 12.1 Å². The van der Waals surface area contributed by atoms with Crippen molar-refractivity contribution in [2.24, 2.45) is 0 Å². The highest BCUT2D eigenvalue weighted by Gasteiger charge is 1.88. The minimum Gasteiger partial charge on any atom is -0.192 e. The molecule has 0 unspecified atom stereocenters. The lowest BCUT2D eigenvalue weighted by molar-refractivity contribution is 1.48. The molecule has 0 N–H and O–H groups in total. The van der Waals surface area contributed by atoms with Crippen LogP contribution in [-0.4, -0.2) is 5.88 Å². The van der Waals surface area contributed by atoms with Crippen molar-refractivity contribution >= 4 is 17.7 Å². The van der Waals surface area contributed by atoms with Gasteiger partial charge in [-0.05, 0) is 17.7 Å². The van der Waals surface area contributed by atoms with Gasteiger partial charge in [0, 0.05) is 5.88 Å². The Labute approximate surface area is 76.9 Å². The van der Waals surface area contributed by atoms with Crippen molar-refractivity contribution in [2.75, 3.05) is 5.88 Å². The number of nitrogens with zero attached hydrogens (tertiary/aromatic N) is 1. The first-order valence-electron chi connectivity index (χ1n) is 3.59. The molecule has 1 rings (SSSR count). The first-order valence-corrected chi connectivity index (χ1v) is 4.13. The summed E-state index contributed by atoms with van der Waals surface area (Å²) in [7, 11) is 0. The first kappa shape index (κ1) is 8.83. The monoisotopic (exact) mass is 177 g/mol. The Hall–Kier alpha value is -1.26. The van der Waals surface area contributed by atoms with Gasteiger partial charge in [0.1, 0.15) is 0 Å². The van der Waals surface area contributed by atoms with Crippen molar-refractivity contribution in [3.8, 4) is 6.07 Å². The maximum absolute atomic E-state index is 8.52. The van der Waals surface area contributed by atoms with Crippen molar-refractivity contribution < 1.29 is 0 Å². The Kier molecular flexibility index (Phi) is 3.37. The molecule has 0 radical (unpaired) electrons. The van der Waals surface area contributed by atoms with Crippen LogP contribution in [0.4, 0.5) is 0 Å². The van der Waals surface area contributed by atoms with Crippen LogP contribution in [0.25, 0.3) is 6.08 Å². The van der Waals surface area contributed by atoms with Crippen LogP contribution < -0.4 is 0 Å². The zero-order chi connectivity index (χ0) is 8.81. The van der Waals surface area contributed by atoms with Crippen LogP contribution in [0.15, 0.2) is 30.3 Å². The summed E-state index contributed by atoms with van der Waals surface area (Å²) < 4.78 is 0. The summed E-state index contributed by atoms with van der Waals surface area (Å²) in [5, 5.41) is 8.52. The molecule has 0 atom stereocenters. The van der Waals surface area contributed by atoms with E-state index in [1.165, 1.54) is 0 Å². The van der Waals surface area contributed by atoms with Crippen LogP contribution in [0, 0.1) is 11.3 Å². The van der Waals surface area contributed by atoms with Crippen LogP contribution in [0.3, 0.4) is 0 Å². The fourth-order valence-corrected chi connectivity index (χ4v) is 0.938. The van der Waals surface area contributed by atoms with Crippen LogP contribution >= 0.6 is 11.6 Å². The van der Waals surface area contributed by atoms with Crippen molar-refractivity contribution in [3.63, 3.8) is 0 Å². The van der Waals surface area contributed by atoms with Gasteiger partial charge in [0.05, 0.1) is 11.6 Å². The molecule has 0 aromatic heterocycles. The summed E-state index contributed by atoms with van der Waals surface area (Å²) in [5.41, 5.74) is 1.74. The molecule has 60 valence electrons. The van der Waals surface area contributed by atoms with Gasteiger partial charge in [0.25, 0.3) is 0 Å². The van der Waals surface area contributed by atoms with Crippen molar-refractivity contribution in [1.29, 1.82) is 5.26 Å². The molecule has 0 heterocycles. The van der Waals surface area contributed by atoms with Crippen molar-refractivity contribution in [1.82, 2.24) is 0 Å². The molecule has 2 heteroatoms. The normalized spacial score (nSPS) is 10.0. The molecule has 0 aliphatic heterocycles. The molecule has 0 aliphatic carbocycles. The molecule has 12 heavy (non-hydrogen) atoms. The fraction of sp³-hybridized carbons (Fsp3) is 0.100. The van der Waals surface area contributed by atoms with E-state index in [2.05, 4.69) is 6.07 Å². The number of nitriles is 1. The van der Waals surface area contributed by atoms with Gasteiger partial charge in [0.15, 0.2) is 0 Å². The average molecular weight is 178 g/mol. The number of halogens is 1. The third-order valence-corrected chi connectivity index (χ3v) is 1.62. The summed E-state index contributed by atoms with van der Waals surface area (Å²) in [5.74, 6) is 0.514. The van der Waals surface area contributed by atoms with E-state index in [1.807, 2.05) is 24.3 Å². The smallest absolute Gasteiger partial charge is 0.0991 e. The Morgan fingerprint density at radius 2 is 2.00 bits per heavy atom. The molecular weight excluding hydrogens is 170 g/mol. The highest BCUT2D eigenvalue weighted by molar-refractivity contribution is 6.19. The molecule has 1 nitrogen and oxygen atoms in total. The van der Waals surface area contributed by atoms with E-state index in [-0.39, 0.29) is 0 Å². The molecule has 0 saturated heterocycles. The average Bonchev–Trinajstić information content (AvgIpc) is 2.15. The Balaban J connectivity index is 2.80. The maximum Gasteiger partial charge on any atom is 0.0991 e. The summed E-state index contributed by atoms with van der Waals surface area (Å²) in [6.45, 7) is 0. The Bertz CT molecular complexity index is 306. The predicted molar refractivity (Wildman–Crippen MR) is 50.9 cm³/mol. The second kappa shape index (κ2) is 4.58. The van der Waals surface area contributed by atoms with Gasteiger partial charge in [-0.15, -0.1) is 11.6 Å². The minimum absolute atomic E-state index is 0.514. The number of hydrogen-bond donors (Lipinski definition) is 0. The molecule has 0 amide bonds. The van der Waals surface area contributed by atoms with Gasteiger partial charge in [0.2, 0.25) is 0 Å². The van der Waals surface area contributed by atoms with Gasteiger partial charge in [-0.3, -0.25) is 0 Å². The third-order valence-electron chi connectivity index (χ3n) is 1.44. The van der Waals surface area contributed by atoms with E-state index in [0.29, 0.717) is 11.4 Å². The lowest BCUT2D eigenvalue weighted by atomic mass is 10.1. The van der Waals surface area contributed by atoms with E-state index in [4.69, 9.17) is 16.9 Å². The molecular formula is C10H8ClN. The van der Waals surface area contributed by atoms with Gasteiger partial charge >= 0.3 is 0 Å². The van der Waals surface area contributed by atoms with E-state index >= 15 is 0 Å². The Morgan fingerprint density at radius 3 is 2.50 bits per heavy atom. The first-order chi connectivity index (χ1) is 5.86. The summed E-state index contributed by atoms with van der Waals surface area (Å²) in [4.78, 5) is 0. The lowest BCUT2D eigenvalue weighted by Gasteiger charge is -1.91. The number of allylic oxidation sites excluding steroid dienone is 1. The van der Waals surface area contributed by atoms with E-state index in [0.717, 1.165) is 5.56 Å². The molecule has 0 aliphatic rings. The number of benzene rings is 1. The SMILES string of the molecule is N#Cc1ccc(/C=C/CCl)cc1. The quantitative estimate of drug-likeness (QED) is 0.638. The minimum atomic E-state index is 0.514. The fourth-order valence-electron chi connectivity index (χ4n) is 0.849. The van der Waals surface area contributed by atoms with Crippen LogP contribution in [0.1, 0.15) is 11.1 Å². The molecule has 1 aromatic carbocycles. The summed E-state index contributed by atoms with van der Waals surface area (Å²) in [6.07, 6.45) is 3.79. The summed E-state index contributed by atoms with van der Waals surface area (Å²) >= 11 is 5.47. The zero-order valence-corrected chi connectivity index (χ0v) is 7.25. The summed E-state index contributed by atoms with van der Waals surface area (Å²) in [6, 6.07) is 9.41. The molecule has 0 saturated carbocycles. The predicted octanol–water partition coefficient (Wildman–Crippen LogP) is 2.81. The van der Waals surface area contributed by atoms with Crippen LogP contribution in [0.5, 0.6) is 0 Å². The number of rotatable bonds is 2. The number of alkyl halides is 1. The third kappa shape index (κ3) is 2.41. The second-order valence-corrected chi connectivity index (χ2v) is 2.60.